The summed E-state index contributed by atoms with van der Waals surface area (Å²) in [6.07, 6.45) is 3.61. The number of rotatable bonds is 22. The molecule has 2 heterocycles. The monoisotopic (exact) mass is 993 g/mol. The molecular formula is C56H72N4O12. The minimum Gasteiger partial charge on any atom is -0.438 e. The van der Waals surface area contributed by atoms with Gasteiger partial charge in [0, 0.05) is 48.4 Å². The number of hydrogen-bond acceptors (Lipinski definition) is 12. The molecule has 6 rings (SSSR count). The zero-order chi connectivity index (χ0) is 52.8. The van der Waals surface area contributed by atoms with E-state index in [1.807, 2.05) is 48.5 Å². The maximum absolute atomic E-state index is 12.6. The van der Waals surface area contributed by atoms with Crippen LogP contribution in [0.15, 0.2) is 121 Å². The van der Waals surface area contributed by atoms with Gasteiger partial charge in [0.2, 0.25) is 23.0 Å². The number of ketones is 2. The number of cyclic esters (lactones) is 2. The lowest BCUT2D eigenvalue weighted by atomic mass is 9.86. The third-order valence-electron chi connectivity index (χ3n) is 13.0. The molecule has 388 valence electrons. The SMILES string of the molecule is CC(C)(OC(=O)NCCCCCCNC(=O)OC(C)(C)C(=O)c1ccccc1)C(=O)c1ccccc1.CC1(C)OC(=O)N(CCCCCCN2C(=O)OC(C)(C)[C@]2(O)c2ccccc2)[C@@]1(O)c1ccccc1. The van der Waals surface area contributed by atoms with Crippen molar-refractivity contribution in [3.8, 4) is 0 Å². The molecule has 0 bridgehead atoms. The summed E-state index contributed by atoms with van der Waals surface area (Å²) in [5, 5.41) is 28.5. The fourth-order valence-corrected chi connectivity index (χ4v) is 8.84. The van der Waals surface area contributed by atoms with E-state index in [1.54, 1.807) is 128 Å². The average molecular weight is 993 g/mol. The highest BCUT2D eigenvalue weighted by Gasteiger charge is 2.61. The van der Waals surface area contributed by atoms with Gasteiger partial charge in [-0.15, -0.1) is 0 Å². The van der Waals surface area contributed by atoms with Gasteiger partial charge in [-0.25, -0.2) is 19.2 Å². The van der Waals surface area contributed by atoms with Gasteiger partial charge < -0.3 is 39.8 Å². The van der Waals surface area contributed by atoms with Crippen LogP contribution in [0.3, 0.4) is 0 Å². The van der Waals surface area contributed by atoms with Crippen molar-refractivity contribution in [3.05, 3.63) is 144 Å². The van der Waals surface area contributed by atoms with Crippen molar-refractivity contribution in [2.45, 2.75) is 141 Å². The van der Waals surface area contributed by atoms with E-state index < -0.39 is 58.2 Å². The molecule has 2 atom stereocenters. The topological polar surface area (TPSA) is 210 Å². The summed E-state index contributed by atoms with van der Waals surface area (Å²) in [6.45, 7) is 14.6. The molecule has 0 saturated carbocycles. The first kappa shape index (κ1) is 56.1. The lowest BCUT2D eigenvalue weighted by Crippen LogP contribution is -2.53. The number of carbonyl (C=O) groups excluding carboxylic acids is 6. The fraction of sp³-hybridized carbons (Fsp3) is 0.464. The first-order valence-corrected chi connectivity index (χ1v) is 24.7. The Morgan fingerprint density at radius 3 is 1.10 bits per heavy atom. The van der Waals surface area contributed by atoms with Crippen LogP contribution >= 0.6 is 0 Å². The number of Topliss-reactive ketones (excluding diaryl/α,β-unsaturated/α-hetero) is 2. The predicted molar refractivity (Wildman–Crippen MR) is 271 cm³/mol. The van der Waals surface area contributed by atoms with Gasteiger partial charge in [-0.3, -0.25) is 19.4 Å². The van der Waals surface area contributed by atoms with Crippen molar-refractivity contribution in [2.75, 3.05) is 26.2 Å². The van der Waals surface area contributed by atoms with Crippen LogP contribution in [0.25, 0.3) is 0 Å². The maximum Gasteiger partial charge on any atom is 0.413 e. The largest absolute Gasteiger partial charge is 0.438 e. The lowest BCUT2D eigenvalue weighted by molar-refractivity contribution is -0.150. The Hall–Kier alpha value is -6.78. The van der Waals surface area contributed by atoms with Crippen LogP contribution in [0.5, 0.6) is 0 Å². The summed E-state index contributed by atoms with van der Waals surface area (Å²) in [5.74, 6) is -0.533. The van der Waals surface area contributed by atoms with Gasteiger partial charge in [-0.2, -0.15) is 0 Å². The second kappa shape index (κ2) is 24.1. The second-order valence-electron chi connectivity index (χ2n) is 20.0. The van der Waals surface area contributed by atoms with E-state index in [2.05, 4.69) is 10.6 Å². The molecule has 2 aliphatic heterocycles. The van der Waals surface area contributed by atoms with Crippen LogP contribution in [0.2, 0.25) is 0 Å². The van der Waals surface area contributed by atoms with Gasteiger partial charge in [0.05, 0.1) is 0 Å². The zero-order valence-corrected chi connectivity index (χ0v) is 42.9. The summed E-state index contributed by atoms with van der Waals surface area (Å²) in [6, 6.07) is 35.6. The smallest absolute Gasteiger partial charge is 0.413 e. The Balaban J connectivity index is 0.000000267. The molecular weight excluding hydrogens is 921 g/mol. The summed E-state index contributed by atoms with van der Waals surface area (Å²) in [7, 11) is 0. The number of carbonyl (C=O) groups is 6. The van der Waals surface area contributed by atoms with E-state index in [1.165, 1.54) is 9.80 Å². The second-order valence-corrected chi connectivity index (χ2v) is 20.0. The highest BCUT2D eigenvalue weighted by atomic mass is 16.6. The van der Waals surface area contributed by atoms with Crippen molar-refractivity contribution >= 4 is 35.9 Å². The highest BCUT2D eigenvalue weighted by Crippen LogP contribution is 2.46. The van der Waals surface area contributed by atoms with Gasteiger partial charge in [-0.05, 0) is 81.1 Å². The van der Waals surface area contributed by atoms with E-state index in [-0.39, 0.29) is 11.6 Å². The average Bonchev–Trinajstić information content (AvgIpc) is 3.65. The Labute approximate surface area is 423 Å². The third kappa shape index (κ3) is 13.4. The van der Waals surface area contributed by atoms with Crippen molar-refractivity contribution < 1.29 is 57.9 Å². The van der Waals surface area contributed by atoms with Crippen LogP contribution in [-0.2, 0) is 30.4 Å². The number of ether oxygens (including phenoxy) is 4. The van der Waals surface area contributed by atoms with E-state index >= 15 is 0 Å². The molecule has 0 spiro atoms. The summed E-state index contributed by atoms with van der Waals surface area (Å²) >= 11 is 0. The van der Waals surface area contributed by atoms with Crippen LogP contribution in [-0.4, -0.2) is 105 Å². The van der Waals surface area contributed by atoms with Gasteiger partial charge in [0.25, 0.3) is 0 Å². The molecule has 4 N–H and O–H groups in total. The summed E-state index contributed by atoms with van der Waals surface area (Å²) in [4.78, 5) is 77.3. The van der Waals surface area contributed by atoms with Crippen molar-refractivity contribution in [1.29, 1.82) is 0 Å². The summed E-state index contributed by atoms with van der Waals surface area (Å²) < 4.78 is 21.7. The summed E-state index contributed by atoms with van der Waals surface area (Å²) in [5.41, 5.74) is -5.69. The Kier molecular flexibility index (Phi) is 18.8. The van der Waals surface area contributed by atoms with E-state index in [9.17, 15) is 39.0 Å². The number of amides is 4. The van der Waals surface area contributed by atoms with E-state index in [4.69, 9.17) is 18.9 Å². The normalized spacial score (nSPS) is 19.0. The van der Waals surface area contributed by atoms with Crippen LogP contribution in [0.4, 0.5) is 19.2 Å². The maximum atomic E-state index is 12.6. The molecule has 0 radical (unpaired) electrons. The highest BCUT2D eigenvalue weighted by molar-refractivity contribution is 6.03. The van der Waals surface area contributed by atoms with Gasteiger partial charge >= 0.3 is 24.4 Å². The molecule has 4 aromatic rings. The molecule has 0 aliphatic carbocycles. The number of nitrogens with one attached hydrogen (secondary N) is 2. The Bertz CT molecular complexity index is 2280. The number of aliphatic hydroxyl groups is 2. The zero-order valence-electron chi connectivity index (χ0n) is 42.9. The van der Waals surface area contributed by atoms with Crippen molar-refractivity contribution in [3.63, 3.8) is 0 Å². The molecule has 0 aromatic heterocycles. The molecule has 2 aliphatic rings. The number of unbranched alkanes of at least 4 members (excludes halogenated alkanes) is 6. The standard InChI is InChI=1S/2C28H36N2O6/c1-25(2)27(33,21-15-9-7-10-16-21)29(23(31)35-25)19-13-5-6-14-20-30-24(32)36-26(3,4)28(30,34)22-17-11-8-12-18-22;1-27(2,23(31)21-15-9-7-10-16-21)35-25(33)29-19-13-5-6-14-20-30-26(34)36-28(3,4)24(32)22-17-11-8-12-18-22/h7-12,15-18,33-34H,5-6,13-14,19-20H2,1-4H3;7-12,15-18H,5-6,13-14,19-20H2,1-4H3,(H,29,33)(H,30,34)/t27-,28-;/m1./s1. The number of nitrogens with zero attached hydrogens (tertiary/aromatic N) is 2. The predicted octanol–water partition coefficient (Wildman–Crippen LogP) is 10.0. The van der Waals surface area contributed by atoms with Gasteiger partial charge in [-0.1, -0.05) is 147 Å². The van der Waals surface area contributed by atoms with Gasteiger partial charge in [0.1, 0.15) is 0 Å². The minimum atomic E-state index is -1.57. The fourth-order valence-electron chi connectivity index (χ4n) is 8.84. The first-order valence-electron chi connectivity index (χ1n) is 24.7. The van der Waals surface area contributed by atoms with Gasteiger partial charge in [0.15, 0.2) is 22.4 Å². The molecule has 4 aromatic carbocycles. The van der Waals surface area contributed by atoms with Crippen LogP contribution in [0.1, 0.15) is 139 Å². The van der Waals surface area contributed by atoms with E-state index in [0.717, 1.165) is 38.5 Å². The minimum absolute atomic E-state index is 0.267. The van der Waals surface area contributed by atoms with Crippen molar-refractivity contribution in [2.24, 2.45) is 0 Å². The van der Waals surface area contributed by atoms with E-state index in [0.29, 0.717) is 61.3 Å². The number of hydrogen-bond donors (Lipinski definition) is 4. The molecule has 4 amide bonds. The number of benzene rings is 4. The third-order valence-corrected chi connectivity index (χ3v) is 13.0. The lowest BCUT2D eigenvalue weighted by Gasteiger charge is -2.39. The molecule has 72 heavy (non-hydrogen) atoms. The molecule has 16 heteroatoms. The molecule has 2 fully saturated rings. The molecule has 2 saturated heterocycles. The first-order chi connectivity index (χ1) is 34.0. The Morgan fingerprint density at radius 2 is 0.778 bits per heavy atom. The molecule has 0 unspecified atom stereocenters. The van der Waals surface area contributed by atoms with Crippen LogP contribution in [0, 0.1) is 0 Å². The molecule has 16 nitrogen and oxygen atoms in total. The van der Waals surface area contributed by atoms with Crippen LogP contribution < -0.4 is 10.6 Å². The quantitative estimate of drug-likeness (QED) is 0.0329. The van der Waals surface area contributed by atoms with Crippen molar-refractivity contribution in [1.82, 2.24) is 20.4 Å². The number of alkyl carbamates (subject to hydrolysis) is 2. The Morgan fingerprint density at radius 1 is 0.486 bits per heavy atom.